The molecule has 62 heavy (non-hydrogen) atoms. The van der Waals surface area contributed by atoms with Crippen molar-refractivity contribution in [3.63, 3.8) is 0 Å². The average Bonchev–Trinajstić information content (AvgIpc) is 3.60. The van der Waals surface area contributed by atoms with Crippen LogP contribution in [0, 0.1) is 11.8 Å². The Kier molecular flexibility index (Phi) is 17.8. The van der Waals surface area contributed by atoms with Crippen molar-refractivity contribution in [2.24, 2.45) is 17.6 Å². The number of nitrogens with two attached hydrogens (primary N) is 1. The van der Waals surface area contributed by atoms with Gasteiger partial charge in [-0.25, -0.2) is 18.1 Å². The fraction of sp³-hybridized carbons (Fsp3) is 0.455. The highest BCUT2D eigenvalue weighted by Crippen LogP contribution is 2.40. The molecular formula is C44H59N7O9S2. The van der Waals surface area contributed by atoms with Crippen LogP contribution < -0.4 is 31.3 Å². The average molecular weight is 894 g/mol. The van der Waals surface area contributed by atoms with E-state index in [0.717, 1.165) is 55.0 Å². The van der Waals surface area contributed by atoms with Crippen LogP contribution in [0.2, 0.25) is 0 Å². The summed E-state index contributed by atoms with van der Waals surface area (Å²) in [5, 5.41) is 9.31. The van der Waals surface area contributed by atoms with E-state index in [1.807, 2.05) is 56.3 Å². The number of amides is 3. The van der Waals surface area contributed by atoms with Crippen molar-refractivity contribution in [3.05, 3.63) is 76.3 Å². The number of fused-ring (bicyclic) bond motifs is 3. The molecule has 0 bridgehead atoms. The SMILES string of the molecule is CC(C)(C)OC=O.CN1CCC[C@H]1C(N)=O.COc1ccc2c(=O)cc(-c3csc(NC(C)C)n3)[nH]c2c1.O=C1CCCC/C=C\[C@@H]2C[C@@H]2C(=O)NS(=O)(=O)c2ccccc2N1. The van der Waals surface area contributed by atoms with E-state index >= 15 is 0 Å². The number of primary amides is 1. The van der Waals surface area contributed by atoms with Gasteiger partial charge in [-0.3, -0.25) is 28.9 Å². The second-order valence-corrected chi connectivity index (χ2v) is 18.9. The quantitative estimate of drug-likeness (QED) is 0.108. The summed E-state index contributed by atoms with van der Waals surface area (Å²) in [6, 6.07) is 13.4. The van der Waals surface area contributed by atoms with E-state index in [1.54, 1.807) is 37.4 Å². The number of sulfonamides is 1. The van der Waals surface area contributed by atoms with E-state index in [9.17, 15) is 32.4 Å². The number of ether oxygens (including phenoxy) is 2. The maximum Gasteiger partial charge on any atom is 0.293 e. The molecule has 0 radical (unpaired) electrons. The number of pyridine rings is 1. The fourth-order valence-electron chi connectivity index (χ4n) is 6.45. The molecule has 336 valence electrons. The van der Waals surface area contributed by atoms with E-state index in [4.69, 9.17) is 10.5 Å². The van der Waals surface area contributed by atoms with Gasteiger partial charge in [0.2, 0.25) is 17.7 Å². The van der Waals surface area contributed by atoms with Gasteiger partial charge in [0.15, 0.2) is 10.6 Å². The number of allylic oxidation sites excluding steroid dienone is 2. The van der Waals surface area contributed by atoms with Crippen LogP contribution >= 0.6 is 11.3 Å². The Morgan fingerprint density at radius 2 is 1.82 bits per heavy atom. The van der Waals surface area contributed by atoms with Crippen LogP contribution in [0.25, 0.3) is 22.3 Å². The number of aromatic nitrogens is 2. The van der Waals surface area contributed by atoms with Crippen LogP contribution in [0.3, 0.4) is 0 Å². The second-order valence-electron chi connectivity index (χ2n) is 16.4. The van der Waals surface area contributed by atoms with E-state index in [-0.39, 0.29) is 51.3 Å². The van der Waals surface area contributed by atoms with Gasteiger partial charge in [-0.15, -0.1) is 11.3 Å². The van der Waals surface area contributed by atoms with Crippen LogP contribution in [-0.2, 0) is 33.9 Å². The number of rotatable bonds is 6. The molecule has 4 aromatic rings. The second kappa shape index (κ2) is 22.5. The Labute approximate surface area is 367 Å². The number of methoxy groups -OCH3 is 1. The monoisotopic (exact) mass is 893 g/mol. The number of H-pyrrole nitrogens is 1. The number of nitrogens with zero attached hydrogens (tertiary/aromatic N) is 2. The summed E-state index contributed by atoms with van der Waals surface area (Å²) < 4.78 is 36.9. The predicted octanol–water partition coefficient (Wildman–Crippen LogP) is 6.20. The molecule has 3 aliphatic rings. The molecule has 0 unspecified atom stereocenters. The lowest BCUT2D eigenvalue weighted by atomic mass is 10.1. The highest BCUT2D eigenvalue weighted by Gasteiger charge is 2.42. The summed E-state index contributed by atoms with van der Waals surface area (Å²) in [7, 11) is -0.479. The summed E-state index contributed by atoms with van der Waals surface area (Å²) in [6.07, 6.45) is 9.51. The van der Waals surface area contributed by atoms with Crippen LogP contribution in [0.1, 0.15) is 79.6 Å². The highest BCUT2D eigenvalue weighted by atomic mass is 32.2. The topological polar surface area (TPSA) is 232 Å². The van der Waals surface area contributed by atoms with Gasteiger partial charge in [0.1, 0.15) is 16.2 Å². The van der Waals surface area contributed by atoms with Crippen molar-refractivity contribution in [1.29, 1.82) is 0 Å². The van der Waals surface area contributed by atoms with Crippen molar-refractivity contribution in [2.75, 3.05) is 31.3 Å². The summed E-state index contributed by atoms with van der Waals surface area (Å²) in [6.45, 7) is 11.0. The molecule has 2 aliphatic heterocycles. The van der Waals surface area contributed by atoms with E-state index in [2.05, 4.69) is 43.9 Å². The molecule has 7 rings (SSSR count). The number of likely N-dealkylation sites (N-methyl/N-ethyl adjacent to an activating group) is 1. The van der Waals surface area contributed by atoms with Gasteiger partial charge >= 0.3 is 0 Å². The van der Waals surface area contributed by atoms with E-state index in [1.165, 1.54) is 23.5 Å². The third kappa shape index (κ3) is 15.1. The molecule has 1 saturated carbocycles. The molecule has 1 saturated heterocycles. The number of carbonyl (C=O) groups excluding carboxylic acids is 4. The number of hydrogen-bond donors (Lipinski definition) is 5. The number of benzene rings is 2. The number of likely N-dealkylation sites (tertiary alicyclic amines) is 1. The first kappa shape index (κ1) is 49.1. The number of carbonyl (C=O) groups is 4. The summed E-state index contributed by atoms with van der Waals surface area (Å²) in [4.78, 5) is 66.3. The highest BCUT2D eigenvalue weighted by molar-refractivity contribution is 7.90. The molecule has 2 aromatic heterocycles. The molecule has 3 amide bonds. The molecule has 6 N–H and O–H groups in total. The lowest BCUT2D eigenvalue weighted by Gasteiger charge is -2.14. The van der Waals surface area contributed by atoms with Crippen molar-refractivity contribution >= 4 is 67.3 Å². The first-order chi connectivity index (χ1) is 29.3. The van der Waals surface area contributed by atoms with Gasteiger partial charge in [0.05, 0.1) is 35.7 Å². The third-order valence-corrected chi connectivity index (χ3v) is 11.9. The van der Waals surface area contributed by atoms with E-state index < -0.39 is 15.9 Å². The lowest BCUT2D eigenvalue weighted by Crippen LogP contribution is -2.37. The Hall–Kier alpha value is -5.59. The fourth-order valence-corrected chi connectivity index (χ4v) is 8.50. The molecular weight excluding hydrogens is 835 g/mol. The lowest BCUT2D eigenvalue weighted by molar-refractivity contribution is -0.138. The van der Waals surface area contributed by atoms with E-state index in [0.29, 0.717) is 42.2 Å². The maximum atomic E-state index is 12.5. The number of hydrogen-bond acceptors (Lipinski definition) is 13. The smallest absolute Gasteiger partial charge is 0.293 e. The molecule has 2 fully saturated rings. The molecule has 0 spiro atoms. The third-order valence-electron chi connectivity index (χ3n) is 9.75. The minimum absolute atomic E-state index is 0.00463. The van der Waals surface area contributed by atoms with Gasteiger partial charge in [-0.05, 0) is 117 Å². The van der Waals surface area contributed by atoms with Crippen molar-refractivity contribution in [1.82, 2.24) is 19.6 Å². The number of aromatic amines is 1. The Morgan fingerprint density at radius 1 is 1.08 bits per heavy atom. The largest absolute Gasteiger partial charge is 0.497 e. The van der Waals surface area contributed by atoms with Crippen molar-refractivity contribution in [3.8, 4) is 17.1 Å². The summed E-state index contributed by atoms with van der Waals surface area (Å²) in [5.74, 6) is -0.370. The van der Waals surface area contributed by atoms with Crippen LogP contribution in [0.15, 0.2) is 75.8 Å². The first-order valence-corrected chi connectivity index (χ1v) is 22.8. The van der Waals surface area contributed by atoms with Crippen LogP contribution in [-0.4, -0.2) is 85.9 Å². The number of thiazole rings is 1. The Bertz CT molecular complexity index is 2370. The molecule has 2 aromatic carbocycles. The number of nitrogens with one attached hydrogen (secondary N) is 4. The number of anilines is 2. The van der Waals surface area contributed by atoms with Crippen LogP contribution in [0.5, 0.6) is 5.75 Å². The molecule has 3 atom stereocenters. The minimum Gasteiger partial charge on any atom is -0.497 e. The standard InChI is InChI=1S/C17H20N2O4S.C16H17N3O2S.C6H12N2O.C5H10O2/c20-16-10-4-2-1-3-7-12-11-13(12)17(21)19-24(22,23)15-9-6-5-8-14(15)18-16;1-9(2)17-16-19-14(8-22-16)13-7-15(20)11-5-4-10(21-3)6-12(11)18-13;1-8-4-2-3-5(8)6(7)9;1-5(2,3)7-4-6/h3,5-9,12-13H,1-2,4,10-11H2,(H,18,20)(H,19,21);4-9H,1-3H3,(H,17,19)(H,18,20);5H,2-4H2,1H3,(H2,7,9);4H,1-3H3/b7-3-;;;/t12-,13+;;5-;/m1.0./s1. The maximum absolute atomic E-state index is 12.5. The van der Waals surface area contributed by atoms with Crippen molar-refractivity contribution in [2.45, 2.75) is 102 Å². The van der Waals surface area contributed by atoms with Gasteiger partial charge in [-0.2, -0.15) is 0 Å². The number of para-hydroxylation sites is 1. The molecule has 4 heterocycles. The molecule has 1 aliphatic carbocycles. The van der Waals surface area contributed by atoms with Gasteiger partial charge in [-0.1, -0.05) is 24.3 Å². The van der Waals surface area contributed by atoms with Crippen molar-refractivity contribution < 1.29 is 37.1 Å². The van der Waals surface area contributed by atoms with Gasteiger partial charge in [0, 0.05) is 41.3 Å². The predicted molar refractivity (Wildman–Crippen MR) is 242 cm³/mol. The zero-order chi connectivity index (χ0) is 45.6. The molecule has 16 nitrogen and oxygen atoms in total. The Morgan fingerprint density at radius 3 is 2.44 bits per heavy atom. The summed E-state index contributed by atoms with van der Waals surface area (Å²) >= 11 is 1.52. The first-order valence-electron chi connectivity index (χ1n) is 20.5. The zero-order valence-electron chi connectivity index (χ0n) is 36.4. The van der Waals surface area contributed by atoms with Crippen LogP contribution in [0.4, 0.5) is 10.8 Å². The van der Waals surface area contributed by atoms with Gasteiger partial charge in [0.25, 0.3) is 16.5 Å². The summed E-state index contributed by atoms with van der Waals surface area (Å²) in [5.41, 5.74) is 7.17. The normalized spacial score (nSPS) is 20.2. The molecule has 18 heteroatoms. The Balaban J connectivity index is 0.000000203. The van der Waals surface area contributed by atoms with Gasteiger partial charge < -0.3 is 30.8 Å². The zero-order valence-corrected chi connectivity index (χ0v) is 38.0. The minimum atomic E-state index is -4.02.